The van der Waals surface area contributed by atoms with Crippen LogP contribution in [0.1, 0.15) is 0 Å². The zero-order valence-electron chi connectivity index (χ0n) is 7.51. The average Bonchev–Trinajstić information content (AvgIpc) is 2.26. The van der Waals surface area contributed by atoms with Crippen molar-refractivity contribution >= 4 is 17.1 Å². The van der Waals surface area contributed by atoms with Gasteiger partial charge < -0.3 is 10.4 Å². The Morgan fingerprint density at radius 2 is 1.50 bits per heavy atom. The van der Waals surface area contributed by atoms with Gasteiger partial charge in [0.25, 0.3) is 0 Å². The van der Waals surface area contributed by atoms with Gasteiger partial charge in [0.2, 0.25) is 5.28 Å². The van der Waals surface area contributed by atoms with E-state index in [0.717, 1.165) is 18.2 Å². The lowest BCUT2D eigenvalue weighted by Crippen LogP contribution is -2.02. The van der Waals surface area contributed by atoms with Crippen molar-refractivity contribution in [1.82, 2.24) is 0 Å². The Labute approximate surface area is 86.9 Å². The van der Waals surface area contributed by atoms with Crippen molar-refractivity contribution in [2.45, 2.75) is 0 Å². The van der Waals surface area contributed by atoms with Gasteiger partial charge in [0.1, 0.15) is 0 Å². The molecule has 10 nitrogen and oxygen atoms in total. The second-order valence-corrected chi connectivity index (χ2v) is 2.52. The highest BCUT2D eigenvalue weighted by atomic mass is 16.6. The normalized spacial score (nSPS) is 11.1. The highest BCUT2D eigenvalue weighted by molar-refractivity contribution is 5.65. The number of para-hydroxylation sites is 1. The van der Waals surface area contributed by atoms with E-state index in [0.29, 0.717) is 0 Å². The van der Waals surface area contributed by atoms with Gasteiger partial charge in [-0.3, -0.25) is 20.2 Å². The maximum Gasteiger partial charge on any atom is 0.401 e. The van der Waals surface area contributed by atoms with E-state index < -0.39 is 31.8 Å². The second kappa shape index (κ2) is 4.16. The fraction of sp³-hybridized carbons (Fsp3) is 0. The first-order valence-corrected chi connectivity index (χ1v) is 3.73. The molecule has 0 saturated heterocycles. The molecular formula is C6H4N4O6. The smallest absolute Gasteiger partial charge is 0.401 e. The van der Waals surface area contributed by atoms with Gasteiger partial charge in [0, 0.05) is 17.0 Å². The first kappa shape index (κ1) is 11.3. The van der Waals surface area contributed by atoms with Crippen LogP contribution in [0.4, 0.5) is 17.1 Å². The number of benzene rings is 1. The number of rotatable bonds is 3. The summed E-state index contributed by atoms with van der Waals surface area (Å²) in [5.41, 5.74) is -2.57. The summed E-state index contributed by atoms with van der Waals surface area (Å²) >= 11 is 0. The van der Waals surface area contributed by atoms with Crippen LogP contribution in [0.5, 0.6) is 0 Å². The van der Waals surface area contributed by atoms with Gasteiger partial charge in [-0.25, -0.2) is 0 Å². The van der Waals surface area contributed by atoms with Crippen molar-refractivity contribution in [2.75, 3.05) is 0 Å². The molecule has 0 aromatic heterocycles. The van der Waals surface area contributed by atoms with E-state index in [1.54, 1.807) is 0 Å². The first-order valence-electron chi connectivity index (χ1n) is 3.73. The molecule has 1 aromatic rings. The predicted octanol–water partition coefficient (Wildman–Crippen LogP) is 1.49. The van der Waals surface area contributed by atoms with Crippen LogP contribution < -0.4 is 0 Å². The minimum Gasteiger partial charge on any atom is -0.591 e. The lowest BCUT2D eigenvalue weighted by molar-refractivity contribution is -0.495. The van der Waals surface area contributed by atoms with Gasteiger partial charge in [0.15, 0.2) is 0 Å². The predicted molar refractivity (Wildman–Crippen MR) is 47.3 cm³/mol. The second-order valence-electron chi connectivity index (χ2n) is 2.52. The van der Waals surface area contributed by atoms with Crippen molar-refractivity contribution in [3.05, 3.63) is 43.6 Å². The summed E-state index contributed by atoms with van der Waals surface area (Å²) in [7, 11) is 0. The Hall–Kier alpha value is -2.78. The largest absolute Gasteiger partial charge is 0.591 e. The van der Waals surface area contributed by atoms with Crippen LogP contribution in [0.15, 0.2) is 23.5 Å². The van der Waals surface area contributed by atoms with E-state index in [2.05, 4.69) is 5.28 Å². The number of hydrogen-bond acceptors (Lipinski definition) is 6. The molecule has 1 N–H and O–H groups in total. The molecular weight excluding hydrogens is 224 g/mol. The molecule has 0 heterocycles. The lowest BCUT2D eigenvalue weighted by Gasteiger charge is -1.99. The summed E-state index contributed by atoms with van der Waals surface area (Å²) in [6, 6.07) is 2.82. The molecule has 0 bridgehead atoms. The summed E-state index contributed by atoms with van der Waals surface area (Å²) in [4.78, 5) is 18.5. The van der Waals surface area contributed by atoms with Crippen LogP contribution in [0.3, 0.4) is 0 Å². The number of nitro groups is 2. The highest BCUT2D eigenvalue weighted by Gasteiger charge is 2.33. The topological polar surface area (TPSA) is 145 Å². The summed E-state index contributed by atoms with van der Waals surface area (Å²) in [5, 5.41) is 42.3. The quantitative estimate of drug-likeness (QED) is 0.358. The SMILES string of the molecule is O=[N+]([O-])c1cccc([N+](=O)[O-])c1[N+]([O-])=NO. The zero-order chi connectivity index (χ0) is 12.3. The Morgan fingerprint density at radius 3 is 1.81 bits per heavy atom. The standard InChI is InChI=1S/C6H4N4O6/c11-7-8(12)6-4(9(13)14)2-1-3-5(6)10(15)16/h1-3,11H. The van der Waals surface area contributed by atoms with Crippen molar-refractivity contribution in [3.8, 4) is 0 Å². The van der Waals surface area contributed by atoms with E-state index in [1.807, 2.05) is 0 Å². The summed E-state index contributed by atoms with van der Waals surface area (Å²) in [5.74, 6) is 0. The third kappa shape index (κ3) is 1.84. The van der Waals surface area contributed by atoms with Crippen LogP contribution in [-0.4, -0.2) is 19.9 Å². The summed E-state index contributed by atoms with van der Waals surface area (Å²) in [6.45, 7) is 0. The lowest BCUT2D eigenvalue weighted by atomic mass is 10.2. The molecule has 0 atom stereocenters. The monoisotopic (exact) mass is 228 g/mol. The molecule has 0 spiro atoms. The van der Waals surface area contributed by atoms with E-state index in [4.69, 9.17) is 5.21 Å². The minimum atomic E-state index is -0.988. The zero-order valence-corrected chi connectivity index (χ0v) is 7.51. The third-order valence-electron chi connectivity index (χ3n) is 1.66. The average molecular weight is 228 g/mol. The molecule has 0 unspecified atom stereocenters. The maximum absolute atomic E-state index is 11.0. The molecule has 0 aliphatic carbocycles. The Morgan fingerprint density at radius 1 is 1.06 bits per heavy atom. The molecule has 1 rings (SSSR count). The molecule has 84 valence electrons. The number of nitrogens with zero attached hydrogens (tertiary/aromatic N) is 4. The van der Waals surface area contributed by atoms with E-state index in [1.165, 1.54) is 0 Å². The molecule has 0 aliphatic rings. The molecule has 0 aliphatic heterocycles. The van der Waals surface area contributed by atoms with Gasteiger partial charge in [0.05, 0.1) is 9.85 Å². The highest BCUT2D eigenvalue weighted by Crippen LogP contribution is 2.35. The van der Waals surface area contributed by atoms with Crippen LogP contribution >= 0.6 is 0 Å². The molecule has 16 heavy (non-hydrogen) atoms. The van der Waals surface area contributed by atoms with Crippen molar-refractivity contribution in [1.29, 1.82) is 0 Å². The van der Waals surface area contributed by atoms with Crippen LogP contribution in [0.2, 0.25) is 0 Å². The maximum atomic E-state index is 11.0. The van der Waals surface area contributed by atoms with E-state index >= 15 is 0 Å². The van der Waals surface area contributed by atoms with Gasteiger partial charge in [-0.1, -0.05) is 0 Å². The molecule has 0 amide bonds. The fourth-order valence-corrected chi connectivity index (χ4v) is 1.05. The Bertz CT molecular complexity index is 452. The van der Waals surface area contributed by atoms with E-state index in [-0.39, 0.29) is 0 Å². The minimum absolute atomic E-state index is 0.587. The van der Waals surface area contributed by atoms with Crippen LogP contribution in [-0.2, 0) is 0 Å². The molecule has 0 radical (unpaired) electrons. The molecule has 1 aromatic carbocycles. The van der Waals surface area contributed by atoms with Crippen molar-refractivity contribution in [3.63, 3.8) is 0 Å². The number of nitro benzene ring substituents is 2. The summed E-state index contributed by atoms with van der Waals surface area (Å²) < 4.78 is 0. The molecule has 0 saturated carbocycles. The molecule has 0 fully saturated rings. The molecule has 10 heteroatoms. The van der Waals surface area contributed by atoms with Crippen molar-refractivity contribution < 1.29 is 19.9 Å². The summed E-state index contributed by atoms with van der Waals surface area (Å²) in [6.07, 6.45) is 0. The van der Waals surface area contributed by atoms with E-state index in [9.17, 15) is 25.4 Å². The van der Waals surface area contributed by atoms with Crippen LogP contribution in [0, 0.1) is 25.4 Å². The van der Waals surface area contributed by atoms with Gasteiger partial charge in [-0.2, -0.15) is 0 Å². The fourth-order valence-electron chi connectivity index (χ4n) is 1.05. The first-order chi connectivity index (χ1) is 7.49. The van der Waals surface area contributed by atoms with Gasteiger partial charge in [-0.15, -0.1) is 0 Å². The van der Waals surface area contributed by atoms with Gasteiger partial charge in [-0.05, 0) is 6.07 Å². The van der Waals surface area contributed by atoms with Crippen LogP contribution in [0.25, 0.3) is 0 Å². The Kier molecular flexibility index (Phi) is 2.94. The van der Waals surface area contributed by atoms with Crippen molar-refractivity contribution in [2.24, 2.45) is 5.28 Å². The third-order valence-corrected chi connectivity index (χ3v) is 1.66. The Balaban J connectivity index is 3.60. The number of hydrogen-bond donors (Lipinski definition) is 1. The van der Waals surface area contributed by atoms with Gasteiger partial charge >= 0.3 is 17.1 Å².